The van der Waals surface area contributed by atoms with E-state index in [1.165, 1.54) is 12.1 Å². The molecule has 2 N–H and O–H groups in total. The Balaban J connectivity index is 1.63. The van der Waals surface area contributed by atoms with Crippen molar-refractivity contribution in [1.82, 2.24) is 10.2 Å². The molecule has 1 saturated heterocycles. The first-order chi connectivity index (χ1) is 13.7. The summed E-state index contributed by atoms with van der Waals surface area (Å²) in [5.41, 5.74) is -0.00960. The highest BCUT2D eigenvalue weighted by Crippen LogP contribution is 2.24. The van der Waals surface area contributed by atoms with Crippen LogP contribution in [0.5, 0.6) is 5.75 Å². The largest absolute Gasteiger partial charge is 0.508 e. The third kappa shape index (κ3) is 4.82. The van der Waals surface area contributed by atoms with Crippen LogP contribution in [0, 0.1) is 5.82 Å². The number of carbonyl (C=O) groups is 3. The van der Waals surface area contributed by atoms with Gasteiger partial charge in [0.1, 0.15) is 17.1 Å². The lowest BCUT2D eigenvalue weighted by atomic mass is 9.93. The van der Waals surface area contributed by atoms with Gasteiger partial charge in [-0.3, -0.25) is 14.5 Å². The minimum absolute atomic E-state index is 0.150. The van der Waals surface area contributed by atoms with Gasteiger partial charge < -0.3 is 10.4 Å². The molecule has 1 unspecified atom stereocenters. The number of Topliss-reactive ketones (excluding diaryl/α,β-unsaturated/α-hetero) is 1. The summed E-state index contributed by atoms with van der Waals surface area (Å²) in [4.78, 5) is 38.3. The molecule has 2 aromatic carbocycles. The van der Waals surface area contributed by atoms with Gasteiger partial charge in [-0.15, -0.1) is 0 Å². The van der Waals surface area contributed by atoms with Crippen molar-refractivity contribution in [2.45, 2.75) is 31.7 Å². The van der Waals surface area contributed by atoms with Crippen LogP contribution in [0.2, 0.25) is 0 Å². The summed E-state index contributed by atoms with van der Waals surface area (Å²) in [6.45, 7) is 1.21. The van der Waals surface area contributed by atoms with Gasteiger partial charge in [0, 0.05) is 10.9 Å². The minimum atomic E-state index is -1.13. The number of phenols is 1. The molecule has 0 bridgehead atoms. The zero-order valence-corrected chi connectivity index (χ0v) is 17.3. The molecule has 1 heterocycles. The summed E-state index contributed by atoms with van der Waals surface area (Å²) in [6, 6.07) is 10.3. The summed E-state index contributed by atoms with van der Waals surface area (Å²) < 4.78 is 14.5. The Bertz CT molecular complexity index is 964. The highest BCUT2D eigenvalue weighted by Gasteiger charge is 2.47. The van der Waals surface area contributed by atoms with E-state index in [1.54, 1.807) is 37.3 Å². The van der Waals surface area contributed by atoms with Gasteiger partial charge in [0.15, 0.2) is 5.78 Å². The normalized spacial score (nSPS) is 18.8. The number of ketones is 1. The summed E-state index contributed by atoms with van der Waals surface area (Å²) in [5, 5.41) is 12.0. The van der Waals surface area contributed by atoms with E-state index in [2.05, 4.69) is 21.2 Å². The molecule has 8 heteroatoms. The number of nitrogens with zero attached hydrogens (tertiary/aromatic N) is 1. The Labute approximate surface area is 175 Å². The Morgan fingerprint density at radius 1 is 1.21 bits per heavy atom. The maximum Gasteiger partial charge on any atom is 0.325 e. The number of urea groups is 1. The molecule has 0 saturated carbocycles. The third-order valence-corrected chi connectivity index (χ3v) is 5.43. The number of rotatable bonds is 7. The van der Waals surface area contributed by atoms with Crippen molar-refractivity contribution in [1.29, 1.82) is 0 Å². The van der Waals surface area contributed by atoms with Crippen molar-refractivity contribution >= 4 is 33.7 Å². The van der Waals surface area contributed by atoms with Crippen LogP contribution in [0.15, 0.2) is 46.9 Å². The maximum absolute atomic E-state index is 13.9. The van der Waals surface area contributed by atoms with E-state index >= 15 is 0 Å². The van der Waals surface area contributed by atoms with Crippen LogP contribution in [-0.4, -0.2) is 39.8 Å². The van der Waals surface area contributed by atoms with Gasteiger partial charge >= 0.3 is 6.03 Å². The molecule has 0 spiro atoms. The molecule has 6 nitrogen and oxygen atoms in total. The number of hydrogen-bond acceptors (Lipinski definition) is 4. The smallest absolute Gasteiger partial charge is 0.325 e. The number of benzene rings is 2. The number of phenolic OH excluding ortho intramolecular Hbond substituents is 1. The van der Waals surface area contributed by atoms with E-state index in [0.717, 1.165) is 10.5 Å². The van der Waals surface area contributed by atoms with E-state index < -0.39 is 35.6 Å². The van der Waals surface area contributed by atoms with Crippen LogP contribution in [0.4, 0.5) is 9.18 Å². The lowest BCUT2D eigenvalue weighted by Gasteiger charge is -2.21. The van der Waals surface area contributed by atoms with Crippen molar-refractivity contribution < 1.29 is 23.9 Å². The second kappa shape index (κ2) is 8.32. The quantitative estimate of drug-likeness (QED) is 0.617. The lowest BCUT2D eigenvalue weighted by Crippen LogP contribution is -2.44. The van der Waals surface area contributed by atoms with Crippen LogP contribution in [0.3, 0.4) is 0 Å². The van der Waals surface area contributed by atoms with E-state index in [-0.39, 0.29) is 17.7 Å². The molecular formula is C21H20BrFN2O4. The molecule has 152 valence electrons. The number of amides is 3. The molecule has 1 atom stereocenters. The van der Waals surface area contributed by atoms with Gasteiger partial charge in [-0.25, -0.2) is 9.18 Å². The Morgan fingerprint density at radius 3 is 2.55 bits per heavy atom. The molecule has 0 aliphatic carbocycles. The zero-order chi connectivity index (χ0) is 21.2. The molecule has 0 radical (unpaired) electrons. The monoisotopic (exact) mass is 462 g/mol. The molecule has 29 heavy (non-hydrogen) atoms. The fraction of sp³-hybridized carbons (Fsp3) is 0.286. The van der Waals surface area contributed by atoms with Crippen molar-refractivity contribution in [2.75, 3.05) is 6.54 Å². The predicted octanol–water partition coefficient (Wildman–Crippen LogP) is 3.35. The van der Waals surface area contributed by atoms with E-state index in [9.17, 15) is 23.9 Å². The van der Waals surface area contributed by atoms with Crippen LogP contribution in [0.1, 0.15) is 24.5 Å². The van der Waals surface area contributed by atoms with Crippen LogP contribution < -0.4 is 5.32 Å². The SMILES string of the molecule is CC1(CCc2ccc(O)cc2)NC(=O)N(CC(=O)Cc2ccc(Br)cc2F)C1=O. The highest BCUT2D eigenvalue weighted by molar-refractivity contribution is 9.10. The summed E-state index contributed by atoms with van der Waals surface area (Å²) in [5.74, 6) is -1.29. The van der Waals surface area contributed by atoms with Gasteiger partial charge in [0.2, 0.25) is 0 Å². The average molecular weight is 463 g/mol. The Kier molecular flexibility index (Phi) is 6.02. The molecule has 1 fully saturated rings. The number of imide groups is 1. The molecule has 1 aliphatic rings. The van der Waals surface area contributed by atoms with Gasteiger partial charge in [-0.1, -0.05) is 34.1 Å². The van der Waals surface area contributed by atoms with Crippen LogP contribution in [0.25, 0.3) is 0 Å². The second-order valence-corrected chi connectivity index (χ2v) is 8.19. The number of carbonyl (C=O) groups excluding carboxylic acids is 3. The van der Waals surface area contributed by atoms with Crippen molar-refractivity contribution in [3.05, 3.63) is 63.9 Å². The summed E-state index contributed by atoms with van der Waals surface area (Å²) in [7, 11) is 0. The Morgan fingerprint density at radius 2 is 1.90 bits per heavy atom. The number of hydrogen-bond donors (Lipinski definition) is 2. The van der Waals surface area contributed by atoms with E-state index in [4.69, 9.17) is 0 Å². The third-order valence-electron chi connectivity index (χ3n) is 4.93. The van der Waals surface area contributed by atoms with Crippen LogP contribution >= 0.6 is 15.9 Å². The molecular weight excluding hydrogens is 443 g/mol. The van der Waals surface area contributed by atoms with E-state index in [0.29, 0.717) is 17.3 Å². The highest BCUT2D eigenvalue weighted by atomic mass is 79.9. The summed E-state index contributed by atoms with van der Waals surface area (Å²) >= 11 is 3.15. The van der Waals surface area contributed by atoms with Crippen LogP contribution in [-0.2, 0) is 22.4 Å². The molecule has 3 amide bonds. The molecule has 0 aromatic heterocycles. The number of aryl methyl sites for hydroxylation is 1. The summed E-state index contributed by atoms with van der Waals surface area (Å²) in [6.07, 6.45) is 0.642. The fourth-order valence-electron chi connectivity index (χ4n) is 3.23. The maximum atomic E-state index is 13.9. The second-order valence-electron chi connectivity index (χ2n) is 7.27. The fourth-order valence-corrected chi connectivity index (χ4v) is 3.56. The average Bonchev–Trinajstić information content (AvgIpc) is 2.87. The minimum Gasteiger partial charge on any atom is -0.508 e. The van der Waals surface area contributed by atoms with Gasteiger partial charge in [-0.05, 0) is 55.2 Å². The van der Waals surface area contributed by atoms with Gasteiger partial charge in [-0.2, -0.15) is 0 Å². The predicted molar refractivity (Wildman–Crippen MR) is 108 cm³/mol. The number of nitrogens with one attached hydrogen (secondary N) is 1. The molecule has 3 rings (SSSR count). The van der Waals surface area contributed by atoms with Crippen molar-refractivity contribution in [3.63, 3.8) is 0 Å². The van der Waals surface area contributed by atoms with Gasteiger partial charge in [0.05, 0.1) is 6.54 Å². The van der Waals surface area contributed by atoms with Crippen molar-refractivity contribution in [2.24, 2.45) is 0 Å². The van der Waals surface area contributed by atoms with Gasteiger partial charge in [0.25, 0.3) is 5.91 Å². The molecule has 1 aliphatic heterocycles. The number of aromatic hydroxyl groups is 1. The standard InChI is InChI=1S/C21H20BrFN2O4/c1-21(9-8-13-2-6-16(26)7-3-13)19(28)25(20(29)24-21)12-17(27)10-14-4-5-15(22)11-18(14)23/h2-7,11,26H,8-10,12H2,1H3,(H,24,29). The zero-order valence-electron chi connectivity index (χ0n) is 15.7. The first-order valence-corrected chi connectivity index (χ1v) is 9.85. The Hall–Kier alpha value is -2.74. The van der Waals surface area contributed by atoms with E-state index in [1.807, 2.05) is 0 Å². The topological polar surface area (TPSA) is 86.7 Å². The number of halogens is 2. The first kappa shape index (κ1) is 21.0. The lowest BCUT2D eigenvalue weighted by molar-refractivity contribution is -0.134. The first-order valence-electron chi connectivity index (χ1n) is 9.05. The molecule has 2 aromatic rings. The van der Waals surface area contributed by atoms with Crippen molar-refractivity contribution in [3.8, 4) is 5.75 Å².